The second kappa shape index (κ2) is 5.55. The number of nitrogens with zero attached hydrogens (tertiary/aromatic N) is 2. The van der Waals surface area contributed by atoms with Crippen LogP contribution < -0.4 is 5.32 Å². The number of piperazine rings is 1. The van der Waals surface area contributed by atoms with Gasteiger partial charge in [-0.25, -0.2) is 4.98 Å². The molecule has 0 saturated carbocycles. The van der Waals surface area contributed by atoms with Crippen LogP contribution in [0.1, 0.15) is 23.0 Å². The third-order valence-corrected chi connectivity index (χ3v) is 3.83. The SMILES string of the molecule is Cc1[nH]cnc1CN1CCNC[C@@H]1c1ccccc1. The lowest BCUT2D eigenvalue weighted by Gasteiger charge is -2.36. The third kappa shape index (κ3) is 2.69. The summed E-state index contributed by atoms with van der Waals surface area (Å²) >= 11 is 0. The standard InChI is InChI=1S/C15H20N4/c1-12-14(18-11-17-12)10-19-8-7-16-9-15(19)13-5-3-2-4-6-13/h2-6,11,15-16H,7-10H2,1H3,(H,17,18)/t15-/m1/s1. The Morgan fingerprint density at radius 2 is 2.16 bits per heavy atom. The van der Waals surface area contributed by atoms with Gasteiger partial charge in [0.25, 0.3) is 0 Å². The molecule has 0 radical (unpaired) electrons. The van der Waals surface area contributed by atoms with Gasteiger partial charge in [0.1, 0.15) is 0 Å². The molecule has 1 saturated heterocycles. The summed E-state index contributed by atoms with van der Waals surface area (Å²) in [6, 6.07) is 11.2. The average molecular weight is 256 g/mol. The molecule has 19 heavy (non-hydrogen) atoms. The van der Waals surface area contributed by atoms with Crippen molar-refractivity contribution in [3.05, 3.63) is 53.6 Å². The Bertz CT molecular complexity index is 520. The molecule has 1 aliphatic rings. The first kappa shape index (κ1) is 12.4. The van der Waals surface area contributed by atoms with E-state index >= 15 is 0 Å². The van der Waals surface area contributed by atoms with Gasteiger partial charge in [-0.05, 0) is 12.5 Å². The molecule has 2 N–H and O–H groups in total. The topological polar surface area (TPSA) is 44.0 Å². The van der Waals surface area contributed by atoms with Gasteiger partial charge in [0.2, 0.25) is 0 Å². The van der Waals surface area contributed by atoms with Gasteiger partial charge in [0, 0.05) is 37.9 Å². The zero-order valence-corrected chi connectivity index (χ0v) is 11.3. The summed E-state index contributed by atoms with van der Waals surface area (Å²) in [4.78, 5) is 10.1. The van der Waals surface area contributed by atoms with Crippen LogP contribution >= 0.6 is 0 Å². The number of rotatable bonds is 3. The van der Waals surface area contributed by atoms with Crippen molar-refractivity contribution in [2.75, 3.05) is 19.6 Å². The van der Waals surface area contributed by atoms with Crippen LogP contribution in [-0.4, -0.2) is 34.5 Å². The van der Waals surface area contributed by atoms with Crippen LogP contribution in [0.4, 0.5) is 0 Å². The van der Waals surface area contributed by atoms with Crippen LogP contribution in [-0.2, 0) is 6.54 Å². The van der Waals surface area contributed by atoms with Crippen molar-refractivity contribution in [2.45, 2.75) is 19.5 Å². The highest BCUT2D eigenvalue weighted by molar-refractivity contribution is 5.20. The zero-order valence-electron chi connectivity index (χ0n) is 11.3. The number of aryl methyl sites for hydroxylation is 1. The maximum Gasteiger partial charge on any atom is 0.0925 e. The maximum absolute atomic E-state index is 4.42. The summed E-state index contributed by atoms with van der Waals surface area (Å²) in [5, 5.41) is 3.49. The van der Waals surface area contributed by atoms with Crippen molar-refractivity contribution >= 4 is 0 Å². The predicted octanol–water partition coefficient (Wildman–Crippen LogP) is 1.86. The number of hydrogen-bond donors (Lipinski definition) is 2. The molecule has 0 bridgehead atoms. The van der Waals surface area contributed by atoms with Gasteiger partial charge in [-0.15, -0.1) is 0 Å². The number of imidazole rings is 1. The summed E-state index contributed by atoms with van der Waals surface area (Å²) in [6.07, 6.45) is 1.78. The average Bonchev–Trinajstić information content (AvgIpc) is 2.86. The number of aromatic amines is 1. The quantitative estimate of drug-likeness (QED) is 0.881. The van der Waals surface area contributed by atoms with Gasteiger partial charge >= 0.3 is 0 Å². The molecule has 2 heterocycles. The van der Waals surface area contributed by atoms with E-state index < -0.39 is 0 Å². The van der Waals surface area contributed by atoms with E-state index in [1.807, 2.05) is 0 Å². The maximum atomic E-state index is 4.42. The number of hydrogen-bond acceptors (Lipinski definition) is 3. The molecule has 4 heteroatoms. The molecule has 0 unspecified atom stereocenters. The van der Waals surface area contributed by atoms with Gasteiger partial charge in [0.05, 0.1) is 12.0 Å². The summed E-state index contributed by atoms with van der Waals surface area (Å²) in [5.41, 5.74) is 3.70. The van der Waals surface area contributed by atoms with Crippen LogP contribution in [0.15, 0.2) is 36.7 Å². The fourth-order valence-corrected chi connectivity index (χ4v) is 2.68. The van der Waals surface area contributed by atoms with Crippen molar-refractivity contribution in [1.29, 1.82) is 0 Å². The van der Waals surface area contributed by atoms with Crippen LogP contribution in [0.25, 0.3) is 0 Å². The minimum Gasteiger partial charge on any atom is -0.348 e. The molecular weight excluding hydrogens is 236 g/mol. The first-order chi connectivity index (χ1) is 9.34. The summed E-state index contributed by atoms with van der Waals surface area (Å²) in [7, 11) is 0. The minimum absolute atomic E-state index is 0.436. The Hall–Kier alpha value is -1.65. The van der Waals surface area contributed by atoms with Crippen molar-refractivity contribution in [2.24, 2.45) is 0 Å². The summed E-state index contributed by atoms with van der Waals surface area (Å²) < 4.78 is 0. The Kier molecular flexibility index (Phi) is 3.62. The van der Waals surface area contributed by atoms with Crippen LogP contribution in [0.5, 0.6) is 0 Å². The van der Waals surface area contributed by atoms with Crippen LogP contribution in [0.2, 0.25) is 0 Å². The lowest BCUT2D eigenvalue weighted by atomic mass is 10.0. The van der Waals surface area contributed by atoms with Crippen molar-refractivity contribution in [3.8, 4) is 0 Å². The van der Waals surface area contributed by atoms with Gasteiger partial charge in [-0.1, -0.05) is 30.3 Å². The number of H-pyrrole nitrogens is 1. The van der Waals surface area contributed by atoms with Crippen molar-refractivity contribution < 1.29 is 0 Å². The normalized spacial score (nSPS) is 20.6. The second-order valence-electron chi connectivity index (χ2n) is 5.08. The molecule has 0 amide bonds. The van der Waals surface area contributed by atoms with Crippen molar-refractivity contribution in [3.63, 3.8) is 0 Å². The molecule has 1 atom stereocenters. The molecule has 1 fully saturated rings. The van der Waals surface area contributed by atoms with Crippen LogP contribution in [0, 0.1) is 6.92 Å². The van der Waals surface area contributed by atoms with Crippen molar-refractivity contribution in [1.82, 2.24) is 20.2 Å². The molecule has 1 aromatic carbocycles. The monoisotopic (exact) mass is 256 g/mol. The van der Waals surface area contributed by atoms with E-state index in [1.54, 1.807) is 6.33 Å². The van der Waals surface area contributed by atoms with Gasteiger partial charge < -0.3 is 10.3 Å². The Balaban J connectivity index is 1.80. The molecule has 1 aliphatic heterocycles. The van der Waals surface area contributed by atoms with Gasteiger partial charge in [-0.3, -0.25) is 4.90 Å². The largest absolute Gasteiger partial charge is 0.348 e. The minimum atomic E-state index is 0.436. The Morgan fingerprint density at radius 1 is 1.32 bits per heavy atom. The van der Waals surface area contributed by atoms with E-state index in [-0.39, 0.29) is 0 Å². The third-order valence-electron chi connectivity index (χ3n) is 3.83. The van der Waals surface area contributed by atoms with Gasteiger partial charge in [-0.2, -0.15) is 0 Å². The van der Waals surface area contributed by atoms with E-state index in [9.17, 15) is 0 Å². The second-order valence-corrected chi connectivity index (χ2v) is 5.08. The molecule has 3 rings (SSSR count). The molecule has 100 valence electrons. The van der Waals surface area contributed by atoms with E-state index in [1.165, 1.54) is 11.3 Å². The Labute approximate surface area is 113 Å². The highest BCUT2D eigenvalue weighted by Gasteiger charge is 2.24. The summed E-state index contributed by atoms with van der Waals surface area (Å²) in [5.74, 6) is 0. The molecular formula is C15H20N4. The fraction of sp³-hybridized carbons (Fsp3) is 0.400. The number of aromatic nitrogens is 2. The van der Waals surface area contributed by atoms with E-state index in [4.69, 9.17) is 0 Å². The first-order valence-electron chi connectivity index (χ1n) is 6.83. The highest BCUT2D eigenvalue weighted by Crippen LogP contribution is 2.23. The first-order valence-corrected chi connectivity index (χ1v) is 6.83. The fourth-order valence-electron chi connectivity index (χ4n) is 2.68. The molecule has 0 spiro atoms. The lowest BCUT2D eigenvalue weighted by molar-refractivity contribution is 0.152. The number of benzene rings is 1. The molecule has 1 aromatic heterocycles. The smallest absolute Gasteiger partial charge is 0.0925 e. The zero-order chi connectivity index (χ0) is 13.1. The van der Waals surface area contributed by atoms with Crippen LogP contribution in [0.3, 0.4) is 0 Å². The molecule has 0 aliphatic carbocycles. The Morgan fingerprint density at radius 3 is 2.89 bits per heavy atom. The highest BCUT2D eigenvalue weighted by atomic mass is 15.2. The van der Waals surface area contributed by atoms with Gasteiger partial charge in [0.15, 0.2) is 0 Å². The lowest BCUT2D eigenvalue weighted by Crippen LogP contribution is -2.45. The van der Waals surface area contributed by atoms with E-state index in [0.29, 0.717) is 6.04 Å². The molecule has 4 nitrogen and oxygen atoms in total. The predicted molar refractivity (Wildman–Crippen MR) is 75.8 cm³/mol. The summed E-state index contributed by atoms with van der Waals surface area (Å²) in [6.45, 7) is 6.12. The van der Waals surface area contributed by atoms with E-state index in [2.05, 4.69) is 57.4 Å². The van der Waals surface area contributed by atoms with E-state index in [0.717, 1.165) is 31.9 Å². The molecule has 2 aromatic rings. The number of nitrogens with one attached hydrogen (secondary N) is 2.